The van der Waals surface area contributed by atoms with Crippen LogP contribution in [0.1, 0.15) is 19.5 Å². The van der Waals surface area contributed by atoms with Crippen LogP contribution in [0.5, 0.6) is 0 Å². The van der Waals surface area contributed by atoms with Crippen molar-refractivity contribution in [3.05, 3.63) is 42.2 Å². The zero-order valence-electron chi connectivity index (χ0n) is 16.6. The lowest BCUT2D eigenvalue weighted by molar-refractivity contribution is -0.0482. The number of aliphatic hydroxyl groups excluding tert-OH is 1. The molecule has 0 saturated carbocycles. The number of hydrogen-bond acceptors (Lipinski definition) is 4. The third-order valence-electron chi connectivity index (χ3n) is 4.40. The Hall–Kier alpha value is -1.47. The molecule has 1 aromatic carbocycles. The molecule has 0 saturated heterocycles. The van der Waals surface area contributed by atoms with Crippen molar-refractivity contribution in [2.45, 2.75) is 64.4 Å². The van der Waals surface area contributed by atoms with Crippen LogP contribution in [-0.2, 0) is 17.9 Å². The number of aliphatic hydroxyl groups is 2. The van der Waals surface area contributed by atoms with E-state index in [0.717, 1.165) is 29.7 Å². The fraction of sp³-hybridized carbons (Fsp3) is 0.550. The SMILES string of the molecule is CC(C)(O)C(O)Cc1cnc(-c2ccccc2)n1COCC[Si](C)(C)C. The van der Waals surface area contributed by atoms with Gasteiger partial charge in [0.05, 0.1) is 11.7 Å². The molecule has 2 N–H and O–H groups in total. The van der Waals surface area contributed by atoms with Gasteiger partial charge in [-0.3, -0.25) is 0 Å². The zero-order valence-corrected chi connectivity index (χ0v) is 17.6. The van der Waals surface area contributed by atoms with E-state index < -0.39 is 19.8 Å². The molecular weight excluding hydrogens is 344 g/mol. The smallest absolute Gasteiger partial charge is 0.142 e. The first-order valence-electron chi connectivity index (χ1n) is 9.16. The van der Waals surface area contributed by atoms with Crippen LogP contribution in [0.25, 0.3) is 11.4 Å². The summed E-state index contributed by atoms with van der Waals surface area (Å²) in [5.41, 5.74) is 0.692. The number of imidazole rings is 1. The second kappa shape index (κ2) is 8.48. The predicted octanol–water partition coefficient (Wildman–Crippen LogP) is 3.54. The van der Waals surface area contributed by atoms with Crippen LogP contribution in [0.2, 0.25) is 25.7 Å². The van der Waals surface area contributed by atoms with E-state index in [1.54, 1.807) is 20.0 Å². The molecule has 1 aromatic heterocycles. The summed E-state index contributed by atoms with van der Waals surface area (Å²) in [6.45, 7) is 11.3. The van der Waals surface area contributed by atoms with Gasteiger partial charge in [-0.2, -0.15) is 0 Å². The van der Waals surface area contributed by atoms with Crippen molar-refractivity contribution in [3.63, 3.8) is 0 Å². The summed E-state index contributed by atoms with van der Waals surface area (Å²) < 4.78 is 7.93. The molecule has 0 fully saturated rings. The molecule has 1 heterocycles. The van der Waals surface area contributed by atoms with Gasteiger partial charge in [0, 0.05) is 38.6 Å². The van der Waals surface area contributed by atoms with Crippen molar-refractivity contribution in [1.29, 1.82) is 0 Å². The summed E-state index contributed by atoms with van der Waals surface area (Å²) in [7, 11) is -1.14. The number of benzene rings is 1. The van der Waals surface area contributed by atoms with Crippen LogP contribution in [-0.4, -0.2) is 46.1 Å². The molecule has 144 valence electrons. The molecule has 5 nitrogen and oxygen atoms in total. The first-order valence-corrected chi connectivity index (χ1v) is 12.9. The van der Waals surface area contributed by atoms with Crippen molar-refractivity contribution in [1.82, 2.24) is 9.55 Å². The number of hydrogen-bond donors (Lipinski definition) is 2. The maximum atomic E-state index is 10.3. The molecule has 0 bridgehead atoms. The monoisotopic (exact) mass is 376 g/mol. The number of nitrogens with zero attached hydrogens (tertiary/aromatic N) is 2. The van der Waals surface area contributed by atoms with Crippen molar-refractivity contribution < 1.29 is 14.9 Å². The summed E-state index contributed by atoms with van der Waals surface area (Å²) in [4.78, 5) is 4.55. The highest BCUT2D eigenvalue weighted by Crippen LogP contribution is 2.22. The van der Waals surface area contributed by atoms with E-state index in [4.69, 9.17) is 4.74 Å². The van der Waals surface area contributed by atoms with E-state index >= 15 is 0 Å². The van der Waals surface area contributed by atoms with Crippen LogP contribution in [0.3, 0.4) is 0 Å². The maximum Gasteiger partial charge on any atom is 0.142 e. The minimum absolute atomic E-state index is 0.320. The number of aromatic nitrogens is 2. The van der Waals surface area contributed by atoms with Crippen LogP contribution in [0.15, 0.2) is 36.5 Å². The van der Waals surface area contributed by atoms with Gasteiger partial charge in [-0.25, -0.2) is 4.98 Å². The lowest BCUT2D eigenvalue weighted by atomic mass is 9.98. The van der Waals surface area contributed by atoms with Crippen LogP contribution >= 0.6 is 0 Å². The molecule has 0 amide bonds. The van der Waals surface area contributed by atoms with Crippen molar-refractivity contribution in [3.8, 4) is 11.4 Å². The molecular formula is C20H32N2O3Si. The Labute approximate surface area is 157 Å². The van der Waals surface area contributed by atoms with Gasteiger partial charge in [0.25, 0.3) is 0 Å². The van der Waals surface area contributed by atoms with Crippen molar-refractivity contribution in [2.24, 2.45) is 0 Å². The normalized spacial score (nSPS) is 13.8. The third kappa shape index (κ3) is 6.05. The molecule has 2 rings (SSSR count). The second-order valence-corrected chi connectivity index (χ2v) is 14.2. The van der Waals surface area contributed by atoms with Gasteiger partial charge in [-0.1, -0.05) is 50.0 Å². The van der Waals surface area contributed by atoms with E-state index in [9.17, 15) is 10.2 Å². The topological polar surface area (TPSA) is 67.5 Å². The quantitative estimate of drug-likeness (QED) is 0.519. The van der Waals surface area contributed by atoms with Crippen LogP contribution in [0.4, 0.5) is 0 Å². The average Bonchev–Trinajstić information content (AvgIpc) is 2.93. The van der Waals surface area contributed by atoms with Crippen LogP contribution in [0, 0.1) is 0 Å². The summed E-state index contributed by atoms with van der Waals surface area (Å²) in [5, 5.41) is 20.4. The Morgan fingerprint density at radius 3 is 2.42 bits per heavy atom. The molecule has 0 radical (unpaired) electrons. The Bertz CT molecular complexity index is 687. The largest absolute Gasteiger partial charge is 0.390 e. The van der Waals surface area contributed by atoms with Crippen molar-refractivity contribution >= 4 is 8.07 Å². The van der Waals surface area contributed by atoms with Gasteiger partial charge in [0.2, 0.25) is 0 Å². The maximum absolute atomic E-state index is 10.3. The molecule has 1 unspecified atom stereocenters. The number of ether oxygens (including phenoxy) is 1. The van der Waals surface area contributed by atoms with E-state index in [1.165, 1.54) is 0 Å². The minimum atomic E-state index is -1.17. The molecule has 0 aliphatic rings. The summed E-state index contributed by atoms with van der Waals surface area (Å²) in [5.74, 6) is 0.816. The highest BCUT2D eigenvalue weighted by Gasteiger charge is 2.26. The summed E-state index contributed by atoms with van der Waals surface area (Å²) in [6, 6.07) is 11.1. The van der Waals surface area contributed by atoms with Gasteiger partial charge in [-0.15, -0.1) is 0 Å². The lowest BCUT2D eigenvalue weighted by Crippen LogP contribution is -2.38. The van der Waals surface area contributed by atoms with E-state index in [1.807, 2.05) is 34.9 Å². The van der Waals surface area contributed by atoms with E-state index in [2.05, 4.69) is 24.6 Å². The van der Waals surface area contributed by atoms with E-state index in [0.29, 0.717) is 13.2 Å². The second-order valence-electron chi connectivity index (χ2n) is 8.59. The fourth-order valence-corrected chi connectivity index (χ4v) is 3.27. The molecule has 6 heteroatoms. The van der Waals surface area contributed by atoms with Gasteiger partial charge >= 0.3 is 0 Å². The zero-order chi connectivity index (χ0) is 19.4. The highest BCUT2D eigenvalue weighted by atomic mass is 28.3. The molecule has 1 atom stereocenters. The first kappa shape index (κ1) is 20.8. The Balaban J connectivity index is 2.21. The minimum Gasteiger partial charge on any atom is -0.390 e. The number of rotatable bonds is 9. The van der Waals surface area contributed by atoms with E-state index in [-0.39, 0.29) is 0 Å². The molecule has 2 aromatic rings. The Kier molecular flexibility index (Phi) is 6.79. The molecule has 0 aliphatic heterocycles. The Morgan fingerprint density at radius 1 is 1.19 bits per heavy atom. The standard InChI is InChI=1S/C20H32N2O3Si/c1-20(2,24)18(23)13-17-14-21-19(16-9-7-6-8-10-16)22(17)15-25-11-12-26(3,4)5/h6-10,14,18,23-24H,11-13,15H2,1-5H3. The molecule has 0 spiro atoms. The molecule has 26 heavy (non-hydrogen) atoms. The van der Waals surface area contributed by atoms with Crippen LogP contribution < -0.4 is 0 Å². The van der Waals surface area contributed by atoms with Gasteiger partial charge in [0.1, 0.15) is 12.6 Å². The highest BCUT2D eigenvalue weighted by molar-refractivity contribution is 6.76. The van der Waals surface area contributed by atoms with Gasteiger partial charge in [0.15, 0.2) is 0 Å². The van der Waals surface area contributed by atoms with Crippen molar-refractivity contribution in [2.75, 3.05) is 6.61 Å². The van der Waals surface area contributed by atoms with Gasteiger partial charge < -0.3 is 19.5 Å². The summed E-state index contributed by atoms with van der Waals surface area (Å²) in [6.07, 6.45) is 1.21. The average molecular weight is 377 g/mol. The first-order chi connectivity index (χ1) is 12.1. The summed E-state index contributed by atoms with van der Waals surface area (Å²) >= 11 is 0. The predicted molar refractivity (Wildman–Crippen MR) is 108 cm³/mol. The lowest BCUT2D eigenvalue weighted by Gasteiger charge is -2.25. The Morgan fingerprint density at radius 2 is 1.85 bits per heavy atom. The fourth-order valence-electron chi connectivity index (χ4n) is 2.52. The third-order valence-corrected chi connectivity index (χ3v) is 6.11. The molecule has 0 aliphatic carbocycles. The van der Waals surface area contributed by atoms with Gasteiger partial charge in [-0.05, 0) is 19.9 Å².